The summed E-state index contributed by atoms with van der Waals surface area (Å²) in [4.78, 5) is 15.3. The number of ether oxygens (including phenoxy) is 1. The minimum absolute atomic E-state index is 0.314. The maximum absolute atomic E-state index is 11.1. The van der Waals surface area contributed by atoms with Crippen molar-refractivity contribution in [3.63, 3.8) is 0 Å². The average molecular weight is 223 g/mol. The van der Waals surface area contributed by atoms with Crippen LogP contribution in [0.5, 0.6) is 0 Å². The van der Waals surface area contributed by atoms with Crippen molar-refractivity contribution < 1.29 is 13.9 Å². The molecule has 2 aromatic rings. The number of aromatic nitrogens is 1. The van der Waals surface area contributed by atoms with Crippen molar-refractivity contribution in [1.29, 1.82) is 0 Å². The Morgan fingerprint density at radius 2 is 2.33 bits per heavy atom. The summed E-state index contributed by atoms with van der Waals surface area (Å²) in [5.41, 5.74) is 1.41. The molecule has 0 atom stereocenters. The van der Waals surface area contributed by atoms with E-state index in [2.05, 4.69) is 4.98 Å². The van der Waals surface area contributed by atoms with Gasteiger partial charge in [-0.05, 0) is 19.1 Å². The lowest BCUT2D eigenvalue weighted by Crippen LogP contribution is -1.95. The maximum atomic E-state index is 11.1. The van der Waals surface area contributed by atoms with Crippen LogP contribution < -0.4 is 0 Å². The number of oxazole rings is 1. The Kier molecular flexibility index (Phi) is 2.91. The van der Waals surface area contributed by atoms with Crippen molar-refractivity contribution in [3.05, 3.63) is 24.3 Å². The lowest BCUT2D eigenvalue weighted by molar-refractivity contribution is 0.181. The number of hydrogen-bond acceptors (Lipinski definition) is 5. The van der Waals surface area contributed by atoms with Crippen molar-refractivity contribution >= 4 is 28.2 Å². The van der Waals surface area contributed by atoms with Crippen LogP contribution in [-0.2, 0) is 4.74 Å². The molecule has 0 saturated heterocycles. The van der Waals surface area contributed by atoms with E-state index in [9.17, 15) is 4.79 Å². The number of hydrogen-bond donors (Lipinski definition) is 0. The monoisotopic (exact) mass is 223 g/mol. The first-order chi connectivity index (χ1) is 7.29. The number of carbonyl (C=O) groups excluding carboxylic acids is 1. The summed E-state index contributed by atoms with van der Waals surface area (Å²) in [7, 11) is 0. The smallest absolute Gasteiger partial charge is 0.376 e. The van der Waals surface area contributed by atoms with E-state index >= 15 is 0 Å². The number of benzene rings is 1. The summed E-state index contributed by atoms with van der Waals surface area (Å²) in [6.45, 7) is 2.11. The first-order valence-electron chi connectivity index (χ1n) is 4.50. The largest absolute Gasteiger partial charge is 0.458 e. The summed E-state index contributed by atoms with van der Waals surface area (Å²) in [5, 5.41) is -0.0845. The molecule has 4 nitrogen and oxygen atoms in total. The topological polar surface area (TPSA) is 52.3 Å². The molecule has 5 heteroatoms. The van der Waals surface area contributed by atoms with Crippen LogP contribution in [0.3, 0.4) is 0 Å². The molecule has 0 unspecified atom stereocenters. The average Bonchev–Trinajstić information content (AvgIpc) is 2.59. The zero-order valence-electron chi connectivity index (χ0n) is 8.10. The van der Waals surface area contributed by atoms with Gasteiger partial charge in [0.05, 0.1) is 18.4 Å². The number of thioether (sulfide) groups is 1. The predicted octanol–water partition coefficient (Wildman–Crippen LogP) is 3.08. The van der Waals surface area contributed by atoms with Gasteiger partial charge in [0.2, 0.25) is 0 Å². The number of fused-ring (bicyclic) bond motifs is 1. The van der Waals surface area contributed by atoms with Crippen LogP contribution in [-0.4, -0.2) is 16.9 Å². The van der Waals surface area contributed by atoms with E-state index in [-0.39, 0.29) is 0 Å². The van der Waals surface area contributed by atoms with Crippen LogP contribution in [0.2, 0.25) is 0 Å². The SMILES string of the molecule is CCOC(=O)Sc1nc2ccccc2o1. The molecule has 2 rings (SSSR count). The van der Waals surface area contributed by atoms with Crippen molar-refractivity contribution in [2.45, 2.75) is 12.1 Å². The Hall–Kier alpha value is -1.49. The van der Waals surface area contributed by atoms with Gasteiger partial charge in [-0.2, -0.15) is 0 Å². The van der Waals surface area contributed by atoms with Gasteiger partial charge >= 0.3 is 5.30 Å². The van der Waals surface area contributed by atoms with E-state index in [0.717, 1.165) is 17.3 Å². The van der Waals surface area contributed by atoms with Crippen LogP contribution in [0.15, 0.2) is 33.9 Å². The highest BCUT2D eigenvalue weighted by Gasteiger charge is 2.11. The molecular formula is C10H9NO3S. The third-order valence-corrected chi connectivity index (χ3v) is 2.34. The molecule has 78 valence electrons. The van der Waals surface area contributed by atoms with Gasteiger partial charge in [-0.1, -0.05) is 12.1 Å². The summed E-state index contributed by atoms with van der Waals surface area (Å²) in [5.74, 6) is 0. The number of para-hydroxylation sites is 2. The van der Waals surface area contributed by atoms with Gasteiger partial charge in [-0.3, -0.25) is 0 Å². The van der Waals surface area contributed by atoms with E-state index in [1.807, 2.05) is 18.2 Å². The molecule has 0 aliphatic carbocycles. The van der Waals surface area contributed by atoms with Crippen LogP contribution in [0.4, 0.5) is 4.79 Å². The number of rotatable bonds is 2. The zero-order valence-corrected chi connectivity index (χ0v) is 8.91. The minimum atomic E-state index is -0.399. The minimum Gasteiger partial charge on any atom is -0.458 e. The predicted molar refractivity (Wildman–Crippen MR) is 56.9 cm³/mol. The molecule has 0 fully saturated rings. The second-order valence-corrected chi connectivity index (χ2v) is 3.62. The summed E-state index contributed by atoms with van der Waals surface area (Å²) >= 11 is 0.855. The van der Waals surface area contributed by atoms with E-state index in [1.54, 1.807) is 13.0 Å². The van der Waals surface area contributed by atoms with Crippen LogP contribution in [0, 0.1) is 0 Å². The number of nitrogens with zero attached hydrogens (tertiary/aromatic N) is 1. The molecule has 0 spiro atoms. The van der Waals surface area contributed by atoms with Crippen molar-refractivity contribution in [2.75, 3.05) is 6.61 Å². The fourth-order valence-corrected chi connectivity index (χ4v) is 1.71. The van der Waals surface area contributed by atoms with Gasteiger partial charge in [0.25, 0.3) is 5.22 Å². The highest BCUT2D eigenvalue weighted by atomic mass is 32.2. The van der Waals surface area contributed by atoms with Gasteiger partial charge in [-0.25, -0.2) is 9.78 Å². The molecule has 0 amide bonds. The van der Waals surface area contributed by atoms with Gasteiger partial charge in [-0.15, -0.1) is 0 Å². The number of carbonyl (C=O) groups is 1. The Bertz CT molecular complexity index is 447. The second kappa shape index (κ2) is 4.35. The third-order valence-electron chi connectivity index (χ3n) is 1.71. The standard InChI is InChI=1S/C10H9NO3S/c1-2-13-10(12)15-9-11-7-5-3-4-6-8(7)14-9/h3-6H,2H2,1H3. The summed E-state index contributed by atoms with van der Waals surface area (Å²) in [6.07, 6.45) is 0. The van der Waals surface area contributed by atoms with E-state index in [4.69, 9.17) is 9.15 Å². The van der Waals surface area contributed by atoms with Crippen LogP contribution >= 0.6 is 11.8 Å². The Morgan fingerprint density at radius 1 is 1.53 bits per heavy atom. The molecule has 0 N–H and O–H groups in total. The highest BCUT2D eigenvalue weighted by molar-refractivity contribution is 8.13. The Morgan fingerprint density at radius 3 is 3.07 bits per heavy atom. The van der Waals surface area contributed by atoms with Gasteiger partial charge in [0.1, 0.15) is 5.52 Å². The van der Waals surface area contributed by atoms with Crippen molar-refractivity contribution in [2.24, 2.45) is 0 Å². The third kappa shape index (κ3) is 2.30. The lowest BCUT2D eigenvalue weighted by atomic mass is 10.3. The molecule has 1 aromatic carbocycles. The Labute approximate surface area is 90.6 Å². The van der Waals surface area contributed by atoms with E-state index < -0.39 is 5.30 Å². The van der Waals surface area contributed by atoms with Gasteiger partial charge in [0, 0.05) is 0 Å². The van der Waals surface area contributed by atoms with Crippen LogP contribution in [0.25, 0.3) is 11.1 Å². The summed E-state index contributed by atoms with van der Waals surface area (Å²) in [6, 6.07) is 7.35. The molecular weight excluding hydrogens is 214 g/mol. The zero-order chi connectivity index (χ0) is 10.7. The molecule has 0 radical (unpaired) electrons. The molecule has 0 aliphatic rings. The normalized spacial score (nSPS) is 10.5. The van der Waals surface area contributed by atoms with Gasteiger partial charge in [0.15, 0.2) is 5.58 Å². The first kappa shape index (κ1) is 10.0. The summed E-state index contributed by atoms with van der Waals surface area (Å²) < 4.78 is 10.1. The quantitative estimate of drug-likeness (QED) is 0.578. The highest BCUT2D eigenvalue weighted by Crippen LogP contribution is 2.24. The molecule has 0 bridgehead atoms. The molecule has 0 saturated carbocycles. The Balaban J connectivity index is 2.18. The van der Waals surface area contributed by atoms with E-state index in [1.165, 1.54) is 0 Å². The first-order valence-corrected chi connectivity index (χ1v) is 5.31. The van der Waals surface area contributed by atoms with Crippen molar-refractivity contribution in [3.8, 4) is 0 Å². The fraction of sp³-hybridized carbons (Fsp3) is 0.200. The second-order valence-electron chi connectivity index (χ2n) is 2.73. The molecule has 1 aromatic heterocycles. The fourth-order valence-electron chi connectivity index (χ4n) is 1.11. The molecule has 0 aliphatic heterocycles. The van der Waals surface area contributed by atoms with Gasteiger partial charge < -0.3 is 9.15 Å². The maximum Gasteiger partial charge on any atom is 0.376 e. The molecule has 15 heavy (non-hydrogen) atoms. The lowest BCUT2D eigenvalue weighted by Gasteiger charge is -1.95. The van der Waals surface area contributed by atoms with Crippen LogP contribution in [0.1, 0.15) is 6.92 Å². The van der Waals surface area contributed by atoms with E-state index in [0.29, 0.717) is 17.4 Å². The molecule has 1 heterocycles. The van der Waals surface area contributed by atoms with Crippen molar-refractivity contribution in [1.82, 2.24) is 4.98 Å².